The summed E-state index contributed by atoms with van der Waals surface area (Å²) in [6.07, 6.45) is 0. The lowest BCUT2D eigenvalue weighted by molar-refractivity contribution is 0.102. The molecule has 0 aromatic heterocycles. The van der Waals surface area contributed by atoms with E-state index in [2.05, 4.69) is 21.2 Å². The van der Waals surface area contributed by atoms with Crippen molar-refractivity contribution in [3.8, 4) is 0 Å². The van der Waals surface area contributed by atoms with Gasteiger partial charge in [0.2, 0.25) is 0 Å². The van der Waals surface area contributed by atoms with Gasteiger partial charge in [-0.05, 0) is 58.7 Å². The Morgan fingerprint density at radius 2 is 1.90 bits per heavy atom. The van der Waals surface area contributed by atoms with Gasteiger partial charge in [-0.3, -0.25) is 4.79 Å². The van der Waals surface area contributed by atoms with E-state index in [0.29, 0.717) is 15.7 Å². The minimum atomic E-state index is -0.606. The zero-order valence-electron chi connectivity index (χ0n) is 10.5. The van der Waals surface area contributed by atoms with E-state index in [9.17, 15) is 13.6 Å². The number of nitrogens with one attached hydrogen (secondary N) is 1. The maximum Gasteiger partial charge on any atom is 0.256 e. The largest absolute Gasteiger partial charge is 0.396 e. The highest BCUT2D eigenvalue weighted by Gasteiger charge is 2.14. The van der Waals surface area contributed by atoms with E-state index in [1.807, 2.05) is 0 Å². The van der Waals surface area contributed by atoms with Gasteiger partial charge in [0.05, 0.1) is 11.3 Å². The first kappa shape index (κ1) is 14.5. The molecule has 2 aromatic carbocycles. The minimum Gasteiger partial charge on any atom is -0.396 e. The number of nitrogen functional groups attached to an aromatic ring is 1. The van der Waals surface area contributed by atoms with Crippen LogP contribution in [0.3, 0.4) is 0 Å². The van der Waals surface area contributed by atoms with E-state index in [-0.39, 0.29) is 17.1 Å². The molecule has 0 spiro atoms. The maximum absolute atomic E-state index is 13.2. The molecule has 0 aliphatic heterocycles. The summed E-state index contributed by atoms with van der Waals surface area (Å²) in [7, 11) is 0. The monoisotopic (exact) mass is 340 g/mol. The number of carbonyl (C=O) groups excluding carboxylic acids is 1. The summed E-state index contributed by atoms with van der Waals surface area (Å²) in [6.45, 7) is 1.59. The number of halogens is 3. The molecule has 0 aliphatic rings. The van der Waals surface area contributed by atoms with Crippen molar-refractivity contribution in [1.82, 2.24) is 0 Å². The molecule has 0 heterocycles. The standard InChI is InChI=1S/C14H11BrF2N2O/c1-7-4-8(2-3-11(7)16)19-14(20)9-5-13(18)12(17)6-10(9)15/h2-6H,18H2,1H3,(H,19,20). The summed E-state index contributed by atoms with van der Waals surface area (Å²) in [5.41, 5.74) is 6.39. The van der Waals surface area contributed by atoms with Crippen molar-refractivity contribution in [2.45, 2.75) is 6.92 Å². The third-order valence-electron chi connectivity index (χ3n) is 2.75. The molecule has 0 radical (unpaired) electrons. The fourth-order valence-corrected chi connectivity index (χ4v) is 2.16. The SMILES string of the molecule is Cc1cc(NC(=O)c2cc(N)c(F)cc2Br)ccc1F. The lowest BCUT2D eigenvalue weighted by atomic mass is 10.1. The topological polar surface area (TPSA) is 55.1 Å². The molecule has 104 valence electrons. The molecule has 3 N–H and O–H groups in total. The van der Waals surface area contributed by atoms with Gasteiger partial charge in [-0.15, -0.1) is 0 Å². The number of nitrogens with two attached hydrogens (primary N) is 1. The van der Waals surface area contributed by atoms with Crippen LogP contribution in [0.15, 0.2) is 34.8 Å². The Bertz CT molecular complexity index is 689. The van der Waals surface area contributed by atoms with Crippen LogP contribution in [0.25, 0.3) is 0 Å². The first-order valence-corrected chi connectivity index (χ1v) is 6.50. The highest BCUT2D eigenvalue weighted by atomic mass is 79.9. The normalized spacial score (nSPS) is 10.4. The van der Waals surface area contributed by atoms with Gasteiger partial charge in [-0.2, -0.15) is 0 Å². The predicted molar refractivity (Wildman–Crippen MR) is 77.6 cm³/mol. The summed E-state index contributed by atoms with van der Waals surface area (Å²) >= 11 is 3.10. The number of carbonyl (C=O) groups is 1. The molecular formula is C14H11BrF2N2O. The lowest BCUT2D eigenvalue weighted by Gasteiger charge is -2.09. The second-order valence-corrected chi connectivity index (χ2v) is 5.13. The van der Waals surface area contributed by atoms with Crippen LogP contribution < -0.4 is 11.1 Å². The van der Waals surface area contributed by atoms with Crippen molar-refractivity contribution in [2.75, 3.05) is 11.1 Å². The number of hydrogen-bond acceptors (Lipinski definition) is 2. The smallest absolute Gasteiger partial charge is 0.256 e. The Hall–Kier alpha value is -1.95. The molecule has 0 fully saturated rings. The van der Waals surface area contributed by atoms with E-state index in [1.165, 1.54) is 24.3 Å². The summed E-state index contributed by atoms with van der Waals surface area (Å²) in [6, 6.07) is 6.58. The van der Waals surface area contributed by atoms with Crippen LogP contribution in [0.2, 0.25) is 0 Å². The molecule has 2 aromatic rings. The average Bonchev–Trinajstić information content (AvgIpc) is 2.38. The molecule has 0 atom stereocenters. The quantitative estimate of drug-likeness (QED) is 0.815. The van der Waals surface area contributed by atoms with Gasteiger partial charge in [0.15, 0.2) is 0 Å². The van der Waals surface area contributed by atoms with Gasteiger partial charge in [0, 0.05) is 10.2 Å². The number of aryl methyl sites for hydroxylation is 1. The first-order chi connectivity index (χ1) is 9.38. The van der Waals surface area contributed by atoms with Crippen molar-refractivity contribution in [3.63, 3.8) is 0 Å². The molecule has 0 saturated heterocycles. The van der Waals surface area contributed by atoms with Gasteiger partial charge in [0.25, 0.3) is 5.91 Å². The molecule has 1 amide bonds. The Morgan fingerprint density at radius 1 is 1.20 bits per heavy atom. The van der Waals surface area contributed by atoms with E-state index < -0.39 is 11.7 Å². The fraction of sp³-hybridized carbons (Fsp3) is 0.0714. The van der Waals surface area contributed by atoms with Crippen LogP contribution in [0.4, 0.5) is 20.2 Å². The Kier molecular flexibility index (Phi) is 4.04. The van der Waals surface area contributed by atoms with Crippen molar-refractivity contribution in [1.29, 1.82) is 0 Å². The molecule has 0 unspecified atom stereocenters. The van der Waals surface area contributed by atoms with Gasteiger partial charge in [0.1, 0.15) is 11.6 Å². The van der Waals surface area contributed by atoms with Gasteiger partial charge >= 0.3 is 0 Å². The summed E-state index contributed by atoms with van der Waals surface area (Å²) < 4.78 is 26.7. The second kappa shape index (κ2) is 5.58. The summed E-state index contributed by atoms with van der Waals surface area (Å²) in [5.74, 6) is -1.42. The van der Waals surface area contributed by atoms with Crippen molar-refractivity contribution >= 4 is 33.2 Å². The Labute approximate surface area is 122 Å². The van der Waals surface area contributed by atoms with E-state index >= 15 is 0 Å². The van der Waals surface area contributed by atoms with Crippen molar-refractivity contribution < 1.29 is 13.6 Å². The average molecular weight is 341 g/mol. The van der Waals surface area contributed by atoms with Crippen LogP contribution in [0.1, 0.15) is 15.9 Å². The van der Waals surface area contributed by atoms with Gasteiger partial charge < -0.3 is 11.1 Å². The molecule has 6 heteroatoms. The third kappa shape index (κ3) is 2.96. The highest BCUT2D eigenvalue weighted by Crippen LogP contribution is 2.24. The molecule has 0 saturated carbocycles. The van der Waals surface area contributed by atoms with Crippen LogP contribution in [0.5, 0.6) is 0 Å². The number of anilines is 2. The number of rotatable bonds is 2. The number of hydrogen-bond donors (Lipinski definition) is 2. The second-order valence-electron chi connectivity index (χ2n) is 4.27. The summed E-state index contributed by atoms with van der Waals surface area (Å²) in [5, 5.41) is 2.60. The Balaban J connectivity index is 2.28. The molecule has 0 aliphatic carbocycles. The Morgan fingerprint density at radius 3 is 2.55 bits per heavy atom. The van der Waals surface area contributed by atoms with Crippen LogP contribution in [-0.4, -0.2) is 5.91 Å². The molecule has 0 bridgehead atoms. The summed E-state index contributed by atoms with van der Waals surface area (Å²) in [4.78, 5) is 12.1. The zero-order chi connectivity index (χ0) is 14.9. The fourth-order valence-electron chi connectivity index (χ4n) is 1.66. The predicted octanol–water partition coefficient (Wildman–Crippen LogP) is 3.87. The van der Waals surface area contributed by atoms with Crippen LogP contribution in [0, 0.1) is 18.6 Å². The van der Waals surface area contributed by atoms with Gasteiger partial charge in [-0.25, -0.2) is 8.78 Å². The van der Waals surface area contributed by atoms with E-state index in [0.717, 1.165) is 6.07 Å². The lowest BCUT2D eigenvalue weighted by Crippen LogP contribution is -2.13. The van der Waals surface area contributed by atoms with E-state index in [1.54, 1.807) is 6.92 Å². The zero-order valence-corrected chi connectivity index (χ0v) is 12.1. The van der Waals surface area contributed by atoms with Crippen LogP contribution in [-0.2, 0) is 0 Å². The number of amides is 1. The molecule has 20 heavy (non-hydrogen) atoms. The highest BCUT2D eigenvalue weighted by molar-refractivity contribution is 9.10. The first-order valence-electron chi connectivity index (χ1n) is 5.70. The molecule has 3 nitrogen and oxygen atoms in total. The minimum absolute atomic E-state index is 0.117. The number of benzene rings is 2. The van der Waals surface area contributed by atoms with Crippen molar-refractivity contribution in [3.05, 3.63) is 57.6 Å². The maximum atomic E-state index is 13.2. The molecule has 2 rings (SSSR count). The van der Waals surface area contributed by atoms with Gasteiger partial charge in [-0.1, -0.05) is 0 Å². The van der Waals surface area contributed by atoms with Crippen LogP contribution >= 0.6 is 15.9 Å². The third-order valence-corrected chi connectivity index (χ3v) is 3.40. The van der Waals surface area contributed by atoms with E-state index in [4.69, 9.17) is 5.73 Å². The van der Waals surface area contributed by atoms with Crippen molar-refractivity contribution in [2.24, 2.45) is 0 Å². The molecular weight excluding hydrogens is 330 g/mol.